The number of aromatic nitrogens is 1. The highest BCUT2D eigenvalue weighted by atomic mass is 16.5. The summed E-state index contributed by atoms with van der Waals surface area (Å²) in [5.41, 5.74) is 1.29. The van der Waals surface area contributed by atoms with Crippen LogP contribution in [0, 0.1) is 5.92 Å². The summed E-state index contributed by atoms with van der Waals surface area (Å²) in [7, 11) is 1.68. The zero-order valence-electron chi connectivity index (χ0n) is 14.1. The van der Waals surface area contributed by atoms with Gasteiger partial charge in [0.05, 0.1) is 7.11 Å². The molecule has 126 valence electrons. The molecule has 1 aromatic carbocycles. The van der Waals surface area contributed by atoms with E-state index in [4.69, 9.17) is 9.47 Å². The molecule has 1 saturated heterocycles. The minimum absolute atomic E-state index is 0.506. The third-order valence-electron chi connectivity index (χ3n) is 5.45. The van der Waals surface area contributed by atoms with Gasteiger partial charge in [0.2, 0.25) is 0 Å². The summed E-state index contributed by atoms with van der Waals surface area (Å²) < 4.78 is 11.3. The van der Waals surface area contributed by atoms with Crippen LogP contribution in [0.3, 0.4) is 0 Å². The van der Waals surface area contributed by atoms with Gasteiger partial charge in [-0.05, 0) is 61.1 Å². The number of ether oxygens (including phenoxy) is 2. The molecular formula is C20H24N2O2. The number of likely N-dealkylation sites (tertiary alicyclic amines) is 1. The van der Waals surface area contributed by atoms with Crippen LogP contribution in [-0.2, 0) is 6.54 Å². The highest BCUT2D eigenvalue weighted by Gasteiger charge is 2.45. The molecule has 2 aliphatic rings. The Labute approximate surface area is 143 Å². The predicted octanol–water partition coefficient (Wildman–Crippen LogP) is 3.52. The Morgan fingerprint density at radius 3 is 2.71 bits per heavy atom. The molecule has 0 radical (unpaired) electrons. The summed E-state index contributed by atoms with van der Waals surface area (Å²) in [6, 6.07) is 13.3. The molecule has 2 unspecified atom stereocenters. The van der Waals surface area contributed by atoms with E-state index >= 15 is 0 Å². The van der Waals surface area contributed by atoms with E-state index in [1.165, 1.54) is 24.8 Å². The smallest absolute Gasteiger partial charge is 0.119 e. The zero-order chi connectivity index (χ0) is 16.4. The van der Waals surface area contributed by atoms with Crippen molar-refractivity contribution in [3.8, 4) is 11.5 Å². The maximum Gasteiger partial charge on any atom is 0.119 e. The first kappa shape index (κ1) is 15.5. The molecule has 4 heteroatoms. The Morgan fingerprint density at radius 2 is 1.96 bits per heavy atom. The summed E-state index contributed by atoms with van der Waals surface area (Å²) in [6.45, 7) is 1.74. The normalized spacial score (nSPS) is 25.8. The van der Waals surface area contributed by atoms with Crippen LogP contribution in [0.5, 0.6) is 11.5 Å². The van der Waals surface area contributed by atoms with Crippen LogP contribution in [0.1, 0.15) is 24.8 Å². The van der Waals surface area contributed by atoms with E-state index in [0.29, 0.717) is 12.1 Å². The lowest BCUT2D eigenvalue weighted by Crippen LogP contribution is -2.43. The van der Waals surface area contributed by atoms with Crippen molar-refractivity contribution in [1.29, 1.82) is 0 Å². The van der Waals surface area contributed by atoms with Gasteiger partial charge in [0.15, 0.2) is 0 Å². The number of nitrogens with zero attached hydrogens (tertiary/aromatic N) is 2. The van der Waals surface area contributed by atoms with Gasteiger partial charge in [-0.15, -0.1) is 0 Å². The topological polar surface area (TPSA) is 34.6 Å². The number of piperidine rings is 1. The molecule has 4 rings (SSSR count). The third-order valence-corrected chi connectivity index (χ3v) is 5.45. The molecular weight excluding hydrogens is 300 g/mol. The van der Waals surface area contributed by atoms with Gasteiger partial charge in [-0.25, -0.2) is 0 Å². The number of benzene rings is 1. The Kier molecular flexibility index (Phi) is 4.39. The number of methoxy groups -OCH3 is 1. The first-order valence-electron chi connectivity index (χ1n) is 8.75. The van der Waals surface area contributed by atoms with E-state index in [-0.39, 0.29) is 0 Å². The van der Waals surface area contributed by atoms with Crippen LogP contribution in [0.2, 0.25) is 0 Å². The molecule has 1 aliphatic carbocycles. The highest BCUT2D eigenvalue weighted by Crippen LogP contribution is 2.43. The lowest BCUT2D eigenvalue weighted by molar-refractivity contribution is 0.0866. The quantitative estimate of drug-likeness (QED) is 0.814. The molecule has 1 aliphatic heterocycles. The SMILES string of the molecule is COc1ccc(OC[C@H]2C3CCC(C3)N2Cc2cccnc2)cc1. The van der Waals surface area contributed by atoms with Crippen molar-refractivity contribution in [3.05, 3.63) is 54.4 Å². The third kappa shape index (κ3) is 3.11. The lowest BCUT2D eigenvalue weighted by atomic mass is 9.99. The number of hydrogen-bond donors (Lipinski definition) is 0. The fraction of sp³-hybridized carbons (Fsp3) is 0.450. The van der Waals surface area contributed by atoms with Crippen molar-refractivity contribution in [2.75, 3.05) is 13.7 Å². The van der Waals surface area contributed by atoms with Gasteiger partial charge in [-0.1, -0.05) is 6.07 Å². The molecule has 24 heavy (non-hydrogen) atoms. The van der Waals surface area contributed by atoms with Gasteiger partial charge >= 0.3 is 0 Å². The number of hydrogen-bond acceptors (Lipinski definition) is 4. The Hall–Kier alpha value is -2.07. The van der Waals surface area contributed by atoms with Gasteiger partial charge < -0.3 is 9.47 Å². The fourth-order valence-electron chi connectivity index (χ4n) is 4.22. The van der Waals surface area contributed by atoms with Crippen LogP contribution in [0.25, 0.3) is 0 Å². The van der Waals surface area contributed by atoms with E-state index in [9.17, 15) is 0 Å². The number of pyridine rings is 1. The fourth-order valence-corrected chi connectivity index (χ4v) is 4.22. The molecule has 2 bridgehead atoms. The van der Waals surface area contributed by atoms with Crippen molar-refractivity contribution in [1.82, 2.24) is 9.88 Å². The maximum absolute atomic E-state index is 6.10. The van der Waals surface area contributed by atoms with Crippen molar-refractivity contribution in [2.24, 2.45) is 5.92 Å². The summed E-state index contributed by atoms with van der Waals surface area (Å²) in [5, 5.41) is 0. The van der Waals surface area contributed by atoms with Crippen molar-refractivity contribution in [3.63, 3.8) is 0 Å². The van der Waals surface area contributed by atoms with Crippen LogP contribution in [0.15, 0.2) is 48.8 Å². The van der Waals surface area contributed by atoms with Crippen molar-refractivity contribution >= 4 is 0 Å². The van der Waals surface area contributed by atoms with E-state index in [1.54, 1.807) is 7.11 Å². The number of fused-ring (bicyclic) bond motifs is 2. The maximum atomic E-state index is 6.10. The van der Waals surface area contributed by atoms with Gasteiger partial charge in [0, 0.05) is 31.0 Å². The monoisotopic (exact) mass is 324 g/mol. The van der Waals surface area contributed by atoms with Crippen molar-refractivity contribution in [2.45, 2.75) is 37.9 Å². The Morgan fingerprint density at radius 1 is 1.12 bits per heavy atom. The van der Waals surface area contributed by atoms with E-state index in [0.717, 1.165) is 30.6 Å². The van der Waals surface area contributed by atoms with Gasteiger partial charge in [-0.2, -0.15) is 0 Å². The summed E-state index contributed by atoms with van der Waals surface area (Å²) in [5.74, 6) is 2.55. The summed E-state index contributed by atoms with van der Waals surface area (Å²) in [6.07, 6.45) is 7.79. The molecule has 2 fully saturated rings. The summed E-state index contributed by atoms with van der Waals surface area (Å²) >= 11 is 0. The highest BCUT2D eigenvalue weighted by molar-refractivity contribution is 5.31. The van der Waals surface area contributed by atoms with Gasteiger partial charge in [-0.3, -0.25) is 9.88 Å². The zero-order valence-corrected chi connectivity index (χ0v) is 14.1. The minimum atomic E-state index is 0.506. The van der Waals surface area contributed by atoms with Crippen LogP contribution >= 0.6 is 0 Å². The second-order valence-electron chi connectivity index (χ2n) is 6.81. The largest absolute Gasteiger partial charge is 0.497 e. The van der Waals surface area contributed by atoms with Gasteiger partial charge in [0.1, 0.15) is 18.1 Å². The molecule has 2 heterocycles. The molecule has 1 saturated carbocycles. The molecule has 1 aromatic heterocycles. The number of rotatable bonds is 6. The second kappa shape index (κ2) is 6.81. The molecule has 0 N–H and O–H groups in total. The Balaban J connectivity index is 1.42. The van der Waals surface area contributed by atoms with Crippen molar-refractivity contribution < 1.29 is 9.47 Å². The first-order chi connectivity index (χ1) is 11.8. The standard InChI is InChI=1S/C20H24N2O2/c1-23-18-6-8-19(9-7-18)24-14-20-16-4-5-17(11-16)22(20)13-15-3-2-10-21-12-15/h2-3,6-10,12,16-17,20H,4-5,11,13-14H2,1H3/t16?,17?,20-/m0/s1. The predicted molar refractivity (Wildman–Crippen MR) is 93.2 cm³/mol. The van der Waals surface area contributed by atoms with Crippen LogP contribution in [0.4, 0.5) is 0 Å². The first-order valence-corrected chi connectivity index (χ1v) is 8.75. The minimum Gasteiger partial charge on any atom is -0.497 e. The molecule has 2 aromatic rings. The average Bonchev–Trinajstić information content (AvgIpc) is 3.23. The molecule has 4 nitrogen and oxygen atoms in total. The van der Waals surface area contributed by atoms with Gasteiger partial charge in [0.25, 0.3) is 0 Å². The van der Waals surface area contributed by atoms with E-state index in [1.807, 2.05) is 42.7 Å². The van der Waals surface area contributed by atoms with Crippen LogP contribution < -0.4 is 9.47 Å². The molecule has 0 spiro atoms. The average molecular weight is 324 g/mol. The van der Waals surface area contributed by atoms with E-state index in [2.05, 4.69) is 16.0 Å². The van der Waals surface area contributed by atoms with E-state index < -0.39 is 0 Å². The van der Waals surface area contributed by atoms with Crippen LogP contribution in [-0.4, -0.2) is 35.7 Å². The molecule has 3 atom stereocenters. The Bertz CT molecular complexity index is 659. The molecule has 0 amide bonds. The second-order valence-corrected chi connectivity index (χ2v) is 6.81. The lowest BCUT2D eigenvalue weighted by Gasteiger charge is -2.35. The summed E-state index contributed by atoms with van der Waals surface area (Å²) in [4.78, 5) is 6.89.